The van der Waals surface area contributed by atoms with Gasteiger partial charge in [-0.2, -0.15) is 9.13 Å². The zero-order valence-electron chi connectivity index (χ0n) is 38.4. The number of rotatable bonds is 41. The number of unbranched alkanes of at least 4 members (excludes halogenated alkanes) is 27. The molecule has 0 unspecified atom stereocenters. The molecule has 0 spiro atoms. The maximum atomic E-state index is 12.3. The quantitative estimate of drug-likeness (QED) is 0.0380. The zero-order chi connectivity index (χ0) is 41.7. The molecule has 2 aromatic rings. The summed E-state index contributed by atoms with van der Waals surface area (Å²) >= 11 is 3.55. The van der Waals surface area contributed by atoms with E-state index in [1.165, 1.54) is 201 Å². The Kier molecular flexibility index (Phi) is 33.4. The molecule has 0 aliphatic heterocycles. The second kappa shape index (κ2) is 37.0. The van der Waals surface area contributed by atoms with Gasteiger partial charge in [-0.05, 0) is 25.7 Å². The number of esters is 2. The van der Waals surface area contributed by atoms with Crippen molar-refractivity contribution in [2.45, 2.75) is 259 Å². The lowest BCUT2D eigenvalue weighted by Crippen LogP contribution is -2.34. The van der Waals surface area contributed by atoms with Gasteiger partial charge in [0, 0.05) is 52.4 Å². The van der Waals surface area contributed by atoms with Gasteiger partial charge in [0.15, 0.2) is 11.4 Å². The molecule has 2 rings (SSSR count). The summed E-state index contributed by atoms with van der Waals surface area (Å²) in [7, 11) is 0. The summed E-state index contributed by atoms with van der Waals surface area (Å²) in [4.78, 5) is 27.3. The Bertz CT molecular complexity index is 1180. The molecule has 0 bridgehead atoms. The molecule has 0 aliphatic carbocycles. The number of nitrogens with zero attached hydrogens (tertiary/aromatic N) is 2. The summed E-state index contributed by atoms with van der Waals surface area (Å²) in [5.74, 6) is -0.346. The van der Waals surface area contributed by atoms with Crippen LogP contribution in [0.25, 0.3) is 0 Å². The van der Waals surface area contributed by atoms with Gasteiger partial charge < -0.3 is 9.47 Å². The first-order valence-electron chi connectivity index (χ1n) is 24.7. The number of thiazole rings is 2. The van der Waals surface area contributed by atoms with Gasteiger partial charge in [-0.25, -0.2) is 0 Å². The van der Waals surface area contributed by atoms with Crippen LogP contribution in [0.3, 0.4) is 0 Å². The lowest BCUT2D eigenvalue weighted by Gasteiger charge is -2.05. The summed E-state index contributed by atoms with van der Waals surface area (Å²) in [6.07, 6.45) is 42.3. The van der Waals surface area contributed by atoms with Gasteiger partial charge >= 0.3 is 11.9 Å². The van der Waals surface area contributed by atoms with E-state index < -0.39 is 0 Å². The zero-order valence-corrected chi connectivity index (χ0v) is 40.0. The fraction of sp³-hybridized carbons (Fsp3) is 0.840. The third-order valence-corrected chi connectivity index (χ3v) is 14.3. The maximum Gasteiger partial charge on any atom is 0.305 e. The molecule has 0 N–H and O–H groups in total. The molecule has 334 valence electrons. The first-order chi connectivity index (χ1) is 28.5. The molecule has 0 saturated heterocycles. The first kappa shape index (κ1) is 52.3. The minimum atomic E-state index is -0.173. The lowest BCUT2D eigenvalue weighted by atomic mass is 10.0. The third kappa shape index (κ3) is 27.1. The van der Waals surface area contributed by atoms with E-state index in [-0.39, 0.29) is 11.9 Å². The summed E-state index contributed by atoms with van der Waals surface area (Å²) in [5.41, 5.74) is 7.08. The van der Waals surface area contributed by atoms with E-state index in [1.807, 2.05) is 0 Å². The van der Waals surface area contributed by atoms with Crippen LogP contribution in [-0.4, -0.2) is 25.2 Å². The SMILES string of the molecule is CCCCCCCCCCCCCCCC[n+]1csc(CCOC(=O)CCCCC(=O)OCCc2sc[n+](CCCCCCCCCCCCCCCC)c2C)c1C. The van der Waals surface area contributed by atoms with Crippen LogP contribution >= 0.6 is 22.7 Å². The molecule has 0 atom stereocenters. The Labute approximate surface area is 365 Å². The second-order valence-electron chi connectivity index (χ2n) is 17.2. The summed E-state index contributed by atoms with van der Waals surface area (Å²) in [6, 6.07) is 0. The van der Waals surface area contributed by atoms with Gasteiger partial charge in [0.1, 0.15) is 13.1 Å². The smallest absolute Gasteiger partial charge is 0.305 e. The van der Waals surface area contributed by atoms with E-state index in [4.69, 9.17) is 9.47 Å². The van der Waals surface area contributed by atoms with Crippen molar-refractivity contribution in [2.24, 2.45) is 0 Å². The number of aryl methyl sites for hydroxylation is 2. The van der Waals surface area contributed by atoms with E-state index in [0.717, 1.165) is 25.9 Å². The highest BCUT2D eigenvalue weighted by atomic mass is 32.1. The highest BCUT2D eigenvalue weighted by Gasteiger charge is 2.17. The Morgan fingerprint density at radius 2 is 0.707 bits per heavy atom. The molecule has 0 fully saturated rings. The van der Waals surface area contributed by atoms with Gasteiger partial charge in [0.25, 0.3) is 0 Å². The van der Waals surface area contributed by atoms with Crippen LogP contribution in [0.1, 0.15) is 240 Å². The van der Waals surface area contributed by atoms with E-state index in [2.05, 4.69) is 47.9 Å². The molecule has 0 radical (unpaired) electrons. The number of carbonyl (C=O) groups excluding carboxylic acids is 2. The highest BCUT2D eigenvalue weighted by Crippen LogP contribution is 2.17. The van der Waals surface area contributed by atoms with E-state index in [9.17, 15) is 9.59 Å². The van der Waals surface area contributed by atoms with Crippen LogP contribution < -0.4 is 9.13 Å². The number of ether oxygens (including phenoxy) is 2. The van der Waals surface area contributed by atoms with Gasteiger partial charge in [-0.1, -0.05) is 191 Å². The maximum absolute atomic E-state index is 12.3. The molecule has 0 saturated carbocycles. The Morgan fingerprint density at radius 3 is 1.00 bits per heavy atom. The summed E-state index contributed by atoms with van der Waals surface area (Å²) < 4.78 is 15.8. The fourth-order valence-electron chi connectivity index (χ4n) is 7.98. The highest BCUT2D eigenvalue weighted by molar-refractivity contribution is 7.09. The van der Waals surface area contributed by atoms with Crippen molar-refractivity contribution in [3.63, 3.8) is 0 Å². The standard InChI is InChI=1S/C50H90N2O4S2/c1-5-7-9-11-13-15-17-19-21-23-25-27-29-33-39-51-43-57-47(45(51)3)37-41-55-49(53)35-31-32-36-50(54)56-42-38-48-46(4)52(44-58-48)40-34-30-28-26-24-22-20-18-16-14-12-10-8-6-2/h43-44H,5-42H2,1-4H3/q+2. The van der Waals surface area contributed by atoms with E-state index in [1.54, 1.807) is 22.7 Å². The molecular formula is C50H90N2O4S2+2. The van der Waals surface area contributed by atoms with Crippen molar-refractivity contribution in [3.8, 4) is 0 Å². The predicted molar refractivity (Wildman–Crippen MR) is 247 cm³/mol. The van der Waals surface area contributed by atoms with Gasteiger partial charge in [-0.15, -0.1) is 0 Å². The number of hydrogen-bond acceptors (Lipinski definition) is 6. The monoisotopic (exact) mass is 847 g/mol. The molecule has 0 amide bonds. The molecule has 8 heteroatoms. The van der Waals surface area contributed by atoms with Crippen molar-refractivity contribution < 1.29 is 28.2 Å². The van der Waals surface area contributed by atoms with Crippen LogP contribution in [0.2, 0.25) is 0 Å². The largest absolute Gasteiger partial charge is 0.465 e. The van der Waals surface area contributed by atoms with E-state index >= 15 is 0 Å². The van der Waals surface area contributed by atoms with Crippen LogP contribution in [0.5, 0.6) is 0 Å². The molecule has 2 aromatic heterocycles. The predicted octanol–water partition coefficient (Wildman–Crippen LogP) is 14.4. The van der Waals surface area contributed by atoms with Crippen molar-refractivity contribution in [1.82, 2.24) is 0 Å². The van der Waals surface area contributed by atoms with Crippen molar-refractivity contribution in [1.29, 1.82) is 0 Å². The molecule has 6 nitrogen and oxygen atoms in total. The molecule has 58 heavy (non-hydrogen) atoms. The average molecular weight is 847 g/mol. The average Bonchev–Trinajstić information content (AvgIpc) is 3.76. The molecule has 0 aromatic carbocycles. The summed E-state index contributed by atoms with van der Waals surface area (Å²) in [6.45, 7) is 12.0. The van der Waals surface area contributed by atoms with Gasteiger partial charge in [0.05, 0.1) is 23.0 Å². The van der Waals surface area contributed by atoms with Crippen molar-refractivity contribution >= 4 is 34.6 Å². The minimum absolute atomic E-state index is 0.173. The van der Waals surface area contributed by atoms with Crippen LogP contribution in [0, 0.1) is 13.8 Å². The first-order valence-corrected chi connectivity index (χ1v) is 26.5. The van der Waals surface area contributed by atoms with Crippen LogP contribution in [0.15, 0.2) is 11.0 Å². The fourth-order valence-corrected chi connectivity index (χ4v) is 9.99. The normalized spacial score (nSPS) is 11.4. The Balaban J connectivity index is 1.41. The third-order valence-electron chi connectivity index (χ3n) is 12.0. The van der Waals surface area contributed by atoms with Gasteiger partial charge in [0.2, 0.25) is 11.0 Å². The Hall–Kier alpha value is -1.80. The molecule has 2 heterocycles. The molecular weight excluding hydrogens is 757 g/mol. The lowest BCUT2D eigenvalue weighted by molar-refractivity contribution is -0.698. The van der Waals surface area contributed by atoms with Crippen LogP contribution in [-0.2, 0) is 45.0 Å². The topological polar surface area (TPSA) is 60.4 Å². The minimum Gasteiger partial charge on any atom is -0.465 e. The van der Waals surface area contributed by atoms with E-state index in [0.29, 0.717) is 38.9 Å². The van der Waals surface area contributed by atoms with Crippen molar-refractivity contribution in [3.05, 3.63) is 32.2 Å². The van der Waals surface area contributed by atoms with Gasteiger partial charge in [-0.3, -0.25) is 9.59 Å². The molecule has 0 aliphatic rings. The number of aromatic nitrogens is 2. The second-order valence-corrected chi connectivity index (χ2v) is 19.1. The number of hydrogen-bond donors (Lipinski definition) is 0. The summed E-state index contributed by atoms with van der Waals surface area (Å²) in [5, 5.41) is 0. The van der Waals surface area contributed by atoms with Crippen molar-refractivity contribution in [2.75, 3.05) is 13.2 Å². The number of carbonyl (C=O) groups is 2. The Morgan fingerprint density at radius 1 is 0.431 bits per heavy atom. The van der Waals surface area contributed by atoms with Crippen LogP contribution in [0.4, 0.5) is 0 Å².